The molecule has 0 saturated carbocycles. The number of phenols is 1. The molecular weight excluding hydrogens is 178 g/mol. The normalized spacial score (nSPS) is 10.0. The Kier molecular flexibility index (Phi) is 2.02. The third kappa shape index (κ3) is 1.64. The highest BCUT2D eigenvalue weighted by Gasteiger charge is 2.00. The molecule has 1 aromatic heterocycles. The first-order valence-electron chi connectivity index (χ1n) is 4.13. The summed E-state index contributed by atoms with van der Waals surface area (Å²) in [5.41, 5.74) is 6.97. The van der Waals surface area contributed by atoms with Crippen LogP contribution >= 0.6 is 0 Å². The number of hydrogen-bond acceptors (Lipinski definition) is 4. The number of benzene rings is 1. The van der Waals surface area contributed by atoms with Crippen molar-refractivity contribution in [3.63, 3.8) is 0 Å². The number of anilines is 1. The third-order valence-electron chi connectivity index (χ3n) is 1.82. The van der Waals surface area contributed by atoms with E-state index in [2.05, 4.69) is 9.97 Å². The molecule has 70 valence electrons. The first-order chi connectivity index (χ1) is 6.75. The fourth-order valence-electron chi connectivity index (χ4n) is 1.20. The van der Waals surface area contributed by atoms with Crippen LogP contribution in [0.3, 0.4) is 0 Å². The second-order valence-electron chi connectivity index (χ2n) is 2.85. The molecule has 0 atom stereocenters. The Hall–Kier alpha value is -2.10. The van der Waals surface area contributed by atoms with Gasteiger partial charge < -0.3 is 10.8 Å². The molecule has 3 N–H and O–H groups in total. The zero-order chi connectivity index (χ0) is 9.97. The lowest BCUT2D eigenvalue weighted by Gasteiger charge is -2.01. The molecule has 0 fully saturated rings. The van der Waals surface area contributed by atoms with Crippen LogP contribution in [0.4, 0.5) is 5.95 Å². The molecule has 0 aliphatic carbocycles. The summed E-state index contributed by atoms with van der Waals surface area (Å²) in [6.07, 6.45) is 1.59. The van der Waals surface area contributed by atoms with Crippen LogP contribution < -0.4 is 5.73 Å². The molecule has 1 aromatic carbocycles. The highest BCUT2D eigenvalue weighted by atomic mass is 16.3. The lowest BCUT2D eigenvalue weighted by molar-refractivity contribution is 0.475. The second kappa shape index (κ2) is 3.33. The molecule has 1 heterocycles. The number of nitrogens with two attached hydrogens (primary N) is 1. The molecule has 2 aromatic rings. The first-order valence-corrected chi connectivity index (χ1v) is 4.13. The fourth-order valence-corrected chi connectivity index (χ4v) is 1.20. The highest BCUT2D eigenvalue weighted by molar-refractivity contribution is 5.61. The number of hydrogen-bond donors (Lipinski definition) is 2. The van der Waals surface area contributed by atoms with E-state index in [4.69, 9.17) is 5.73 Å². The average Bonchev–Trinajstić information content (AvgIpc) is 2.18. The van der Waals surface area contributed by atoms with Crippen molar-refractivity contribution in [2.24, 2.45) is 0 Å². The summed E-state index contributed by atoms with van der Waals surface area (Å²) in [5.74, 6) is 0.436. The van der Waals surface area contributed by atoms with Crippen LogP contribution in [0.1, 0.15) is 0 Å². The van der Waals surface area contributed by atoms with Gasteiger partial charge in [-0.15, -0.1) is 0 Å². The summed E-state index contributed by atoms with van der Waals surface area (Å²) in [4.78, 5) is 7.83. The lowest BCUT2D eigenvalue weighted by atomic mass is 10.1. The van der Waals surface area contributed by atoms with Crippen molar-refractivity contribution in [1.82, 2.24) is 9.97 Å². The van der Waals surface area contributed by atoms with E-state index in [1.165, 1.54) is 0 Å². The minimum absolute atomic E-state index is 0.208. The minimum Gasteiger partial charge on any atom is -0.508 e. The molecular formula is C10H9N3O. The Morgan fingerprint density at radius 3 is 2.79 bits per heavy atom. The number of nitrogen functional groups attached to an aromatic ring is 1. The summed E-state index contributed by atoms with van der Waals surface area (Å²) in [6.45, 7) is 0. The molecule has 0 aliphatic rings. The molecule has 0 spiro atoms. The number of rotatable bonds is 1. The van der Waals surface area contributed by atoms with Crippen LogP contribution in [-0.4, -0.2) is 15.1 Å². The van der Waals surface area contributed by atoms with E-state index in [-0.39, 0.29) is 11.7 Å². The molecule has 2 rings (SSSR count). The summed E-state index contributed by atoms with van der Waals surface area (Å²) in [7, 11) is 0. The van der Waals surface area contributed by atoms with Crippen molar-refractivity contribution >= 4 is 5.95 Å². The van der Waals surface area contributed by atoms with Crippen LogP contribution in [0, 0.1) is 0 Å². The first kappa shape index (κ1) is 8.50. The number of aromatic hydroxyl groups is 1. The van der Waals surface area contributed by atoms with Gasteiger partial charge >= 0.3 is 0 Å². The summed E-state index contributed by atoms with van der Waals surface area (Å²) >= 11 is 0. The van der Waals surface area contributed by atoms with E-state index in [1.807, 2.05) is 6.07 Å². The largest absolute Gasteiger partial charge is 0.508 e. The maximum atomic E-state index is 9.27. The van der Waals surface area contributed by atoms with E-state index in [0.717, 1.165) is 5.56 Å². The van der Waals surface area contributed by atoms with Gasteiger partial charge in [-0.1, -0.05) is 12.1 Å². The van der Waals surface area contributed by atoms with Crippen molar-refractivity contribution in [3.05, 3.63) is 36.5 Å². The van der Waals surface area contributed by atoms with E-state index in [9.17, 15) is 5.11 Å². The quantitative estimate of drug-likeness (QED) is 0.708. The third-order valence-corrected chi connectivity index (χ3v) is 1.82. The summed E-state index contributed by atoms with van der Waals surface area (Å²) in [6, 6.07) is 8.57. The lowest BCUT2D eigenvalue weighted by Crippen LogP contribution is -1.94. The van der Waals surface area contributed by atoms with Crippen LogP contribution in [0.2, 0.25) is 0 Å². The van der Waals surface area contributed by atoms with Crippen LogP contribution in [0.15, 0.2) is 36.5 Å². The van der Waals surface area contributed by atoms with Gasteiger partial charge in [-0.2, -0.15) is 0 Å². The van der Waals surface area contributed by atoms with Crippen LogP contribution in [0.5, 0.6) is 5.75 Å². The predicted molar refractivity (Wildman–Crippen MR) is 53.5 cm³/mol. The van der Waals surface area contributed by atoms with Crippen LogP contribution in [-0.2, 0) is 0 Å². The number of nitrogens with zero attached hydrogens (tertiary/aromatic N) is 2. The topological polar surface area (TPSA) is 72.0 Å². The molecule has 0 radical (unpaired) electrons. The average molecular weight is 187 g/mol. The molecule has 0 aliphatic heterocycles. The summed E-state index contributed by atoms with van der Waals surface area (Å²) < 4.78 is 0. The zero-order valence-corrected chi connectivity index (χ0v) is 7.38. The number of phenolic OH excluding ortho intramolecular Hbond substituents is 1. The van der Waals surface area contributed by atoms with Crippen molar-refractivity contribution < 1.29 is 5.11 Å². The van der Waals surface area contributed by atoms with Gasteiger partial charge in [-0.3, -0.25) is 0 Å². The predicted octanol–water partition coefficient (Wildman–Crippen LogP) is 1.43. The van der Waals surface area contributed by atoms with Crippen LogP contribution in [0.25, 0.3) is 11.3 Å². The van der Waals surface area contributed by atoms with Gasteiger partial charge in [0, 0.05) is 11.8 Å². The Balaban J connectivity index is 2.49. The Morgan fingerprint density at radius 1 is 1.21 bits per heavy atom. The summed E-state index contributed by atoms with van der Waals surface area (Å²) in [5, 5.41) is 9.27. The van der Waals surface area contributed by atoms with E-state index in [1.54, 1.807) is 30.5 Å². The monoisotopic (exact) mass is 187 g/mol. The SMILES string of the molecule is Nc1nccc(-c2cccc(O)c2)n1. The van der Waals surface area contributed by atoms with Crippen molar-refractivity contribution in [2.75, 3.05) is 5.73 Å². The molecule has 0 bridgehead atoms. The maximum absolute atomic E-state index is 9.27. The molecule has 0 saturated heterocycles. The Bertz CT molecular complexity index is 413. The molecule has 4 nitrogen and oxygen atoms in total. The van der Waals surface area contributed by atoms with Gasteiger partial charge in [0.2, 0.25) is 5.95 Å². The molecule has 14 heavy (non-hydrogen) atoms. The van der Waals surface area contributed by atoms with Gasteiger partial charge in [0.25, 0.3) is 0 Å². The van der Waals surface area contributed by atoms with Gasteiger partial charge in [0.05, 0.1) is 5.69 Å². The molecule has 4 heteroatoms. The highest BCUT2D eigenvalue weighted by Crippen LogP contribution is 2.20. The van der Waals surface area contributed by atoms with E-state index < -0.39 is 0 Å². The van der Waals surface area contributed by atoms with Gasteiger partial charge in [0.1, 0.15) is 5.75 Å². The zero-order valence-electron chi connectivity index (χ0n) is 7.38. The van der Waals surface area contributed by atoms with Gasteiger partial charge in [-0.05, 0) is 18.2 Å². The van der Waals surface area contributed by atoms with Gasteiger partial charge in [0.15, 0.2) is 0 Å². The van der Waals surface area contributed by atoms with Crippen molar-refractivity contribution in [3.8, 4) is 17.0 Å². The second-order valence-corrected chi connectivity index (χ2v) is 2.85. The van der Waals surface area contributed by atoms with Crippen molar-refractivity contribution in [2.45, 2.75) is 0 Å². The maximum Gasteiger partial charge on any atom is 0.220 e. The standard InChI is InChI=1S/C10H9N3O/c11-10-12-5-4-9(13-10)7-2-1-3-8(14)6-7/h1-6,14H,(H2,11,12,13). The smallest absolute Gasteiger partial charge is 0.220 e. The van der Waals surface area contributed by atoms with Gasteiger partial charge in [-0.25, -0.2) is 9.97 Å². The van der Waals surface area contributed by atoms with E-state index in [0.29, 0.717) is 5.69 Å². The minimum atomic E-state index is 0.208. The number of aromatic nitrogens is 2. The molecule has 0 unspecified atom stereocenters. The fraction of sp³-hybridized carbons (Fsp3) is 0. The Morgan fingerprint density at radius 2 is 2.07 bits per heavy atom. The van der Waals surface area contributed by atoms with Crippen molar-refractivity contribution in [1.29, 1.82) is 0 Å². The van der Waals surface area contributed by atoms with E-state index >= 15 is 0 Å². The Labute approximate surface area is 81.1 Å². The molecule has 0 amide bonds.